The SMILES string of the molecule is CC(C)(C)[C@]1(c2ccccc2)NC(=O)N(CC(=O)N2CCOCC2)C1=O. The monoisotopic (exact) mass is 359 g/mol. The summed E-state index contributed by atoms with van der Waals surface area (Å²) in [5.74, 6) is -0.627. The third-order valence-corrected chi connectivity index (χ3v) is 5.09. The van der Waals surface area contributed by atoms with E-state index in [2.05, 4.69) is 5.32 Å². The van der Waals surface area contributed by atoms with Crippen LogP contribution < -0.4 is 5.32 Å². The number of amides is 4. The summed E-state index contributed by atoms with van der Waals surface area (Å²) in [6.45, 7) is 7.37. The fourth-order valence-corrected chi connectivity index (χ4v) is 3.59. The number of hydrogen-bond donors (Lipinski definition) is 1. The minimum atomic E-state index is -1.20. The molecule has 0 aliphatic carbocycles. The maximum Gasteiger partial charge on any atom is 0.325 e. The average molecular weight is 359 g/mol. The Kier molecular flexibility index (Phi) is 4.75. The van der Waals surface area contributed by atoms with E-state index in [-0.39, 0.29) is 18.4 Å². The highest BCUT2D eigenvalue weighted by molar-refractivity contribution is 6.09. The fourth-order valence-electron chi connectivity index (χ4n) is 3.59. The molecule has 1 aromatic carbocycles. The van der Waals surface area contributed by atoms with Gasteiger partial charge in [-0.25, -0.2) is 4.79 Å². The Hall–Kier alpha value is -2.41. The molecular weight excluding hydrogens is 334 g/mol. The molecular formula is C19H25N3O4. The molecule has 7 heteroatoms. The van der Waals surface area contributed by atoms with Gasteiger partial charge in [-0.15, -0.1) is 0 Å². The van der Waals surface area contributed by atoms with E-state index in [4.69, 9.17) is 4.74 Å². The summed E-state index contributed by atoms with van der Waals surface area (Å²) < 4.78 is 5.24. The molecule has 4 amide bonds. The van der Waals surface area contributed by atoms with E-state index in [0.717, 1.165) is 4.90 Å². The van der Waals surface area contributed by atoms with Crippen molar-refractivity contribution >= 4 is 17.8 Å². The highest BCUT2D eigenvalue weighted by Gasteiger charge is 2.59. The molecule has 1 aromatic rings. The molecule has 2 fully saturated rings. The van der Waals surface area contributed by atoms with Gasteiger partial charge in [0.2, 0.25) is 5.91 Å². The second-order valence-corrected chi connectivity index (χ2v) is 7.68. The number of morpholine rings is 1. The zero-order chi connectivity index (χ0) is 18.9. The Morgan fingerprint density at radius 2 is 1.77 bits per heavy atom. The van der Waals surface area contributed by atoms with E-state index in [1.54, 1.807) is 4.90 Å². The van der Waals surface area contributed by atoms with Gasteiger partial charge in [0.05, 0.1) is 13.2 Å². The van der Waals surface area contributed by atoms with E-state index in [9.17, 15) is 14.4 Å². The Balaban J connectivity index is 1.89. The summed E-state index contributed by atoms with van der Waals surface area (Å²) in [6, 6.07) is 8.66. The Bertz CT molecular complexity index is 707. The molecule has 140 valence electrons. The predicted molar refractivity (Wildman–Crippen MR) is 95.2 cm³/mol. The molecule has 2 saturated heterocycles. The minimum absolute atomic E-state index is 0.241. The van der Waals surface area contributed by atoms with Gasteiger partial charge in [-0.2, -0.15) is 0 Å². The topological polar surface area (TPSA) is 79.0 Å². The summed E-state index contributed by atoms with van der Waals surface area (Å²) in [5, 5.41) is 2.87. The highest BCUT2D eigenvalue weighted by Crippen LogP contribution is 2.43. The van der Waals surface area contributed by atoms with Gasteiger partial charge >= 0.3 is 6.03 Å². The van der Waals surface area contributed by atoms with Crippen LogP contribution in [0.15, 0.2) is 30.3 Å². The lowest BCUT2D eigenvalue weighted by Crippen LogP contribution is -2.54. The first-order valence-corrected chi connectivity index (χ1v) is 8.82. The molecule has 0 radical (unpaired) electrons. The summed E-state index contributed by atoms with van der Waals surface area (Å²) in [5.41, 5.74) is -1.05. The standard InChI is InChI=1S/C19H25N3O4/c1-18(2,3)19(14-7-5-4-6-8-14)16(24)22(17(25)20-19)13-15(23)21-9-11-26-12-10-21/h4-8H,9-13H2,1-3H3,(H,20,25)/t19-/m1/s1. The lowest BCUT2D eigenvalue weighted by Gasteiger charge is -2.39. The molecule has 2 aliphatic rings. The van der Waals surface area contributed by atoms with E-state index >= 15 is 0 Å². The number of hydrogen-bond acceptors (Lipinski definition) is 4. The van der Waals surface area contributed by atoms with Crippen LogP contribution in [0.3, 0.4) is 0 Å². The molecule has 2 aliphatic heterocycles. The van der Waals surface area contributed by atoms with Crippen LogP contribution >= 0.6 is 0 Å². The van der Waals surface area contributed by atoms with Crippen molar-refractivity contribution in [3.8, 4) is 0 Å². The molecule has 0 bridgehead atoms. The molecule has 0 unspecified atom stereocenters. The van der Waals surface area contributed by atoms with Crippen LogP contribution in [0.2, 0.25) is 0 Å². The van der Waals surface area contributed by atoms with Crippen molar-refractivity contribution in [1.29, 1.82) is 0 Å². The van der Waals surface area contributed by atoms with E-state index < -0.39 is 17.0 Å². The Morgan fingerprint density at radius 3 is 2.35 bits per heavy atom. The number of nitrogens with one attached hydrogen (secondary N) is 1. The lowest BCUT2D eigenvalue weighted by atomic mass is 9.69. The average Bonchev–Trinajstić information content (AvgIpc) is 2.88. The summed E-state index contributed by atoms with van der Waals surface area (Å²) in [7, 11) is 0. The number of rotatable bonds is 3. The van der Waals surface area contributed by atoms with Crippen LogP contribution in [0, 0.1) is 5.41 Å². The summed E-state index contributed by atoms with van der Waals surface area (Å²) in [4.78, 5) is 41.2. The van der Waals surface area contributed by atoms with Gasteiger partial charge in [-0.05, 0) is 11.0 Å². The first kappa shape index (κ1) is 18.4. The van der Waals surface area contributed by atoms with Crippen LogP contribution in [0.4, 0.5) is 4.79 Å². The number of carbonyl (C=O) groups excluding carboxylic acids is 3. The molecule has 0 saturated carbocycles. The van der Waals surface area contributed by atoms with Crippen LogP contribution in [0.1, 0.15) is 26.3 Å². The molecule has 0 spiro atoms. The molecule has 3 rings (SSSR count). The molecule has 1 atom stereocenters. The minimum Gasteiger partial charge on any atom is -0.378 e. The maximum atomic E-state index is 13.4. The number of ether oxygens (including phenoxy) is 1. The highest BCUT2D eigenvalue weighted by atomic mass is 16.5. The lowest BCUT2D eigenvalue weighted by molar-refractivity contribution is -0.143. The largest absolute Gasteiger partial charge is 0.378 e. The fraction of sp³-hybridized carbons (Fsp3) is 0.526. The third-order valence-electron chi connectivity index (χ3n) is 5.09. The van der Waals surface area contributed by atoms with Crippen molar-refractivity contribution in [3.63, 3.8) is 0 Å². The van der Waals surface area contributed by atoms with E-state index in [1.807, 2.05) is 51.1 Å². The second kappa shape index (κ2) is 6.72. The molecule has 1 N–H and O–H groups in total. The van der Waals surface area contributed by atoms with Crippen molar-refractivity contribution in [2.45, 2.75) is 26.3 Å². The van der Waals surface area contributed by atoms with E-state index in [0.29, 0.717) is 31.9 Å². The van der Waals surface area contributed by atoms with Crippen LogP contribution in [-0.2, 0) is 19.9 Å². The zero-order valence-electron chi connectivity index (χ0n) is 15.4. The van der Waals surface area contributed by atoms with Crippen molar-refractivity contribution in [2.24, 2.45) is 5.41 Å². The first-order valence-electron chi connectivity index (χ1n) is 8.82. The number of benzene rings is 1. The van der Waals surface area contributed by atoms with Crippen LogP contribution in [0.5, 0.6) is 0 Å². The summed E-state index contributed by atoms with van der Waals surface area (Å²) >= 11 is 0. The second-order valence-electron chi connectivity index (χ2n) is 7.68. The van der Waals surface area contributed by atoms with Gasteiger partial charge in [0.25, 0.3) is 5.91 Å². The third kappa shape index (κ3) is 2.96. The van der Waals surface area contributed by atoms with Gasteiger partial charge in [0.1, 0.15) is 6.54 Å². The Labute approximate surface area is 153 Å². The normalized spacial score (nSPS) is 24.0. The molecule has 26 heavy (non-hydrogen) atoms. The maximum absolute atomic E-state index is 13.4. The number of imide groups is 1. The van der Waals surface area contributed by atoms with Gasteiger partial charge in [-0.1, -0.05) is 51.1 Å². The molecule has 0 aromatic heterocycles. The van der Waals surface area contributed by atoms with Crippen molar-refractivity contribution in [3.05, 3.63) is 35.9 Å². The van der Waals surface area contributed by atoms with Crippen LogP contribution in [-0.4, -0.2) is 60.5 Å². The molecule has 7 nitrogen and oxygen atoms in total. The van der Waals surface area contributed by atoms with Gasteiger partial charge in [-0.3, -0.25) is 14.5 Å². The first-order chi connectivity index (χ1) is 12.3. The summed E-state index contributed by atoms with van der Waals surface area (Å²) in [6.07, 6.45) is 0. The Morgan fingerprint density at radius 1 is 1.15 bits per heavy atom. The predicted octanol–water partition coefficient (Wildman–Crippen LogP) is 1.34. The van der Waals surface area contributed by atoms with E-state index in [1.165, 1.54) is 0 Å². The van der Waals surface area contributed by atoms with Gasteiger partial charge in [0.15, 0.2) is 5.54 Å². The quantitative estimate of drug-likeness (QED) is 0.826. The van der Waals surface area contributed by atoms with Gasteiger partial charge in [0, 0.05) is 13.1 Å². The smallest absolute Gasteiger partial charge is 0.325 e. The van der Waals surface area contributed by atoms with Crippen molar-refractivity contribution in [1.82, 2.24) is 15.1 Å². The van der Waals surface area contributed by atoms with Crippen molar-refractivity contribution in [2.75, 3.05) is 32.8 Å². The van der Waals surface area contributed by atoms with Gasteiger partial charge < -0.3 is 15.0 Å². The zero-order valence-corrected chi connectivity index (χ0v) is 15.4. The molecule has 2 heterocycles. The van der Waals surface area contributed by atoms with Crippen molar-refractivity contribution < 1.29 is 19.1 Å². The number of nitrogens with zero attached hydrogens (tertiary/aromatic N) is 2. The van der Waals surface area contributed by atoms with Crippen LogP contribution in [0.25, 0.3) is 0 Å². The number of urea groups is 1. The number of carbonyl (C=O) groups is 3.